The number of pyridine rings is 1. The van der Waals surface area contributed by atoms with Crippen LogP contribution in [0.5, 0.6) is 0 Å². The van der Waals surface area contributed by atoms with Gasteiger partial charge in [0.2, 0.25) is 0 Å². The summed E-state index contributed by atoms with van der Waals surface area (Å²) in [5.41, 5.74) is 1.32. The molecule has 0 aromatic carbocycles. The van der Waals surface area contributed by atoms with Gasteiger partial charge in [-0.3, -0.25) is 0 Å². The van der Waals surface area contributed by atoms with Crippen LogP contribution >= 0.6 is 11.6 Å². The van der Waals surface area contributed by atoms with Crippen molar-refractivity contribution in [2.24, 2.45) is 0 Å². The monoisotopic (exact) mass is 226 g/mol. The second-order valence-corrected chi connectivity index (χ2v) is 3.62. The Morgan fingerprint density at radius 3 is 2.93 bits per heavy atom. The molecule has 4 nitrogen and oxygen atoms in total. The van der Waals surface area contributed by atoms with Crippen LogP contribution in [0.15, 0.2) is 24.5 Å². The third-order valence-electron chi connectivity index (χ3n) is 2.34. The highest BCUT2D eigenvalue weighted by atomic mass is 35.5. The van der Waals surface area contributed by atoms with Gasteiger partial charge < -0.3 is 15.2 Å². The average molecular weight is 227 g/mol. The van der Waals surface area contributed by atoms with Crippen LogP contribution in [0.25, 0.3) is 11.0 Å². The first kappa shape index (κ1) is 10.4. The molecule has 2 rings (SSSR count). The number of aliphatic hydroxyl groups excluding tert-OH is 2. The molecule has 2 unspecified atom stereocenters. The van der Waals surface area contributed by atoms with Gasteiger partial charge in [0, 0.05) is 17.8 Å². The summed E-state index contributed by atoms with van der Waals surface area (Å²) < 4.78 is 0. The van der Waals surface area contributed by atoms with E-state index in [0.29, 0.717) is 11.2 Å². The molecule has 0 amide bonds. The molecule has 0 radical (unpaired) electrons. The summed E-state index contributed by atoms with van der Waals surface area (Å²) in [4.78, 5) is 7.02. The van der Waals surface area contributed by atoms with Gasteiger partial charge in [0.25, 0.3) is 0 Å². The smallest absolute Gasteiger partial charge is 0.137 e. The highest BCUT2D eigenvalue weighted by molar-refractivity contribution is 6.18. The number of alkyl halides is 1. The second-order valence-electron chi connectivity index (χ2n) is 3.31. The van der Waals surface area contributed by atoms with E-state index in [0.717, 1.165) is 5.39 Å². The number of H-pyrrole nitrogens is 1. The second kappa shape index (κ2) is 4.18. The van der Waals surface area contributed by atoms with Crippen LogP contribution in [0.2, 0.25) is 0 Å². The van der Waals surface area contributed by atoms with E-state index in [9.17, 15) is 10.2 Å². The first-order valence-corrected chi connectivity index (χ1v) is 5.11. The molecule has 2 aromatic heterocycles. The fourth-order valence-electron chi connectivity index (χ4n) is 1.53. The maximum atomic E-state index is 9.83. The quantitative estimate of drug-likeness (QED) is 0.689. The summed E-state index contributed by atoms with van der Waals surface area (Å²) in [6.45, 7) is 0. The van der Waals surface area contributed by atoms with Crippen LogP contribution in [0, 0.1) is 0 Å². The lowest BCUT2D eigenvalue weighted by Crippen LogP contribution is -2.19. The van der Waals surface area contributed by atoms with E-state index in [1.54, 1.807) is 18.5 Å². The van der Waals surface area contributed by atoms with E-state index in [2.05, 4.69) is 9.97 Å². The molecule has 5 heteroatoms. The molecule has 80 valence electrons. The van der Waals surface area contributed by atoms with Gasteiger partial charge in [-0.25, -0.2) is 4.98 Å². The maximum absolute atomic E-state index is 9.83. The molecule has 3 N–H and O–H groups in total. The third-order valence-corrected chi connectivity index (χ3v) is 2.65. The van der Waals surface area contributed by atoms with Crippen LogP contribution in [0.4, 0.5) is 0 Å². The molecular formula is C10H11ClN2O2. The van der Waals surface area contributed by atoms with Crippen molar-refractivity contribution < 1.29 is 10.2 Å². The van der Waals surface area contributed by atoms with Gasteiger partial charge in [0.05, 0.1) is 12.0 Å². The zero-order chi connectivity index (χ0) is 10.8. The number of nitrogens with one attached hydrogen (secondary N) is 1. The molecule has 2 aromatic rings. The minimum atomic E-state index is -0.983. The lowest BCUT2D eigenvalue weighted by atomic mass is 10.0. The SMILES string of the molecule is OC(CCl)C(O)c1ccnc2[nH]ccc12. The summed E-state index contributed by atoms with van der Waals surface area (Å²) in [5.74, 6) is -0.00456. The number of aromatic nitrogens is 2. The number of halogens is 1. The maximum Gasteiger partial charge on any atom is 0.137 e. The molecular weight excluding hydrogens is 216 g/mol. The molecule has 0 fully saturated rings. The Bertz CT molecular complexity index is 457. The van der Waals surface area contributed by atoms with Gasteiger partial charge >= 0.3 is 0 Å². The van der Waals surface area contributed by atoms with Crippen LogP contribution in [-0.4, -0.2) is 32.2 Å². The Morgan fingerprint density at radius 1 is 1.40 bits per heavy atom. The standard InChI is InChI=1S/C10H11ClN2O2/c11-5-8(14)9(15)6-1-3-12-10-7(6)2-4-13-10/h1-4,8-9,14-15H,5H2,(H,12,13). The van der Waals surface area contributed by atoms with E-state index in [1.807, 2.05) is 6.07 Å². The van der Waals surface area contributed by atoms with Crippen molar-refractivity contribution in [2.75, 3.05) is 5.88 Å². The Morgan fingerprint density at radius 2 is 2.20 bits per heavy atom. The molecule has 0 saturated carbocycles. The van der Waals surface area contributed by atoms with E-state index < -0.39 is 12.2 Å². The molecule has 2 atom stereocenters. The lowest BCUT2D eigenvalue weighted by molar-refractivity contribution is 0.0336. The Balaban J connectivity index is 2.46. The van der Waals surface area contributed by atoms with E-state index in [-0.39, 0.29) is 5.88 Å². The van der Waals surface area contributed by atoms with Gasteiger partial charge in [-0.1, -0.05) is 0 Å². The van der Waals surface area contributed by atoms with Crippen molar-refractivity contribution in [3.8, 4) is 0 Å². The lowest BCUT2D eigenvalue weighted by Gasteiger charge is -2.16. The summed E-state index contributed by atoms with van der Waals surface area (Å²) >= 11 is 5.49. The van der Waals surface area contributed by atoms with Gasteiger partial charge in [-0.15, -0.1) is 11.6 Å². The Hall–Kier alpha value is -1.10. The van der Waals surface area contributed by atoms with Crippen molar-refractivity contribution >= 4 is 22.6 Å². The highest BCUT2D eigenvalue weighted by Gasteiger charge is 2.19. The molecule has 0 aliphatic carbocycles. The number of hydrogen-bond acceptors (Lipinski definition) is 3. The highest BCUT2D eigenvalue weighted by Crippen LogP contribution is 2.24. The van der Waals surface area contributed by atoms with Gasteiger partial charge in [-0.2, -0.15) is 0 Å². The van der Waals surface area contributed by atoms with Gasteiger partial charge in [0.15, 0.2) is 0 Å². The number of aliphatic hydroxyl groups is 2. The summed E-state index contributed by atoms with van der Waals surface area (Å²) in [5, 5.41) is 20.1. The van der Waals surface area contributed by atoms with Gasteiger partial charge in [0.1, 0.15) is 11.8 Å². The Labute approximate surface area is 91.5 Å². The van der Waals surface area contributed by atoms with Crippen molar-refractivity contribution in [3.05, 3.63) is 30.1 Å². The normalized spacial score (nSPS) is 15.4. The first-order chi connectivity index (χ1) is 7.24. The van der Waals surface area contributed by atoms with Crippen molar-refractivity contribution in [2.45, 2.75) is 12.2 Å². The molecule has 0 aliphatic rings. The first-order valence-electron chi connectivity index (χ1n) is 4.58. The minimum Gasteiger partial charge on any atom is -0.389 e. The zero-order valence-electron chi connectivity index (χ0n) is 7.89. The molecule has 15 heavy (non-hydrogen) atoms. The van der Waals surface area contributed by atoms with E-state index in [1.165, 1.54) is 0 Å². The number of rotatable bonds is 3. The largest absolute Gasteiger partial charge is 0.389 e. The summed E-state index contributed by atoms with van der Waals surface area (Å²) in [7, 11) is 0. The van der Waals surface area contributed by atoms with Crippen LogP contribution in [0.3, 0.4) is 0 Å². The fourth-order valence-corrected chi connectivity index (χ4v) is 1.70. The van der Waals surface area contributed by atoms with Crippen molar-refractivity contribution in [1.82, 2.24) is 9.97 Å². The molecule has 0 bridgehead atoms. The summed E-state index contributed by atoms with van der Waals surface area (Å²) in [6.07, 6.45) is 1.37. The Kier molecular flexibility index (Phi) is 2.90. The molecule has 0 saturated heterocycles. The van der Waals surface area contributed by atoms with Crippen molar-refractivity contribution in [3.63, 3.8) is 0 Å². The van der Waals surface area contributed by atoms with Gasteiger partial charge in [-0.05, 0) is 17.7 Å². The number of fused-ring (bicyclic) bond motifs is 1. The number of nitrogens with zero attached hydrogens (tertiary/aromatic N) is 1. The van der Waals surface area contributed by atoms with E-state index >= 15 is 0 Å². The topological polar surface area (TPSA) is 69.1 Å². The van der Waals surface area contributed by atoms with E-state index in [4.69, 9.17) is 11.6 Å². The number of aromatic amines is 1. The molecule has 2 heterocycles. The summed E-state index contributed by atoms with van der Waals surface area (Å²) in [6, 6.07) is 3.48. The minimum absolute atomic E-state index is 0.00456. The van der Waals surface area contributed by atoms with Crippen molar-refractivity contribution in [1.29, 1.82) is 0 Å². The fraction of sp³-hybridized carbons (Fsp3) is 0.300. The average Bonchev–Trinajstić information content (AvgIpc) is 2.74. The molecule has 0 spiro atoms. The number of hydrogen-bond donors (Lipinski definition) is 3. The molecule has 0 aliphatic heterocycles. The predicted molar refractivity (Wildman–Crippen MR) is 57.8 cm³/mol. The zero-order valence-corrected chi connectivity index (χ0v) is 8.65. The van der Waals surface area contributed by atoms with Crippen LogP contribution in [-0.2, 0) is 0 Å². The van der Waals surface area contributed by atoms with Crippen LogP contribution in [0.1, 0.15) is 11.7 Å². The van der Waals surface area contributed by atoms with Crippen LogP contribution < -0.4 is 0 Å². The third kappa shape index (κ3) is 1.84. The predicted octanol–water partition coefficient (Wildman–Crippen LogP) is 1.20.